The van der Waals surface area contributed by atoms with Gasteiger partial charge in [-0.25, -0.2) is 4.99 Å². The van der Waals surface area contributed by atoms with Crippen LogP contribution in [0.15, 0.2) is 101 Å². The number of methoxy groups -OCH3 is 3. The summed E-state index contributed by atoms with van der Waals surface area (Å²) >= 11 is 0. The number of rotatable bonds is 15. The Morgan fingerprint density at radius 2 is 1.75 bits per heavy atom. The van der Waals surface area contributed by atoms with E-state index in [2.05, 4.69) is 15.3 Å². The van der Waals surface area contributed by atoms with Crippen LogP contribution in [-0.4, -0.2) is 57.0 Å². The molecule has 1 heterocycles. The summed E-state index contributed by atoms with van der Waals surface area (Å²) < 4.78 is 28.7. The van der Waals surface area contributed by atoms with Gasteiger partial charge < -0.3 is 34.1 Å². The fourth-order valence-electron chi connectivity index (χ4n) is 5.51. The first-order chi connectivity index (χ1) is 23.4. The molecule has 1 aliphatic rings. The molecule has 0 bridgehead atoms. The summed E-state index contributed by atoms with van der Waals surface area (Å²) in [5.41, 5.74) is 10.8. The van der Waals surface area contributed by atoms with E-state index in [9.17, 15) is 10.3 Å². The Morgan fingerprint density at radius 1 is 0.958 bits per heavy atom. The topological polar surface area (TPSA) is 157 Å². The molecule has 248 valence electrons. The highest BCUT2D eigenvalue weighted by Gasteiger charge is 2.53. The van der Waals surface area contributed by atoms with Crippen molar-refractivity contribution in [3.8, 4) is 23.0 Å². The van der Waals surface area contributed by atoms with Crippen LogP contribution in [-0.2, 0) is 22.5 Å². The van der Waals surface area contributed by atoms with E-state index < -0.39 is 17.6 Å². The van der Waals surface area contributed by atoms with E-state index in [-0.39, 0.29) is 25.5 Å². The van der Waals surface area contributed by atoms with Crippen molar-refractivity contribution in [3.63, 3.8) is 0 Å². The third-order valence-electron chi connectivity index (χ3n) is 7.93. The van der Waals surface area contributed by atoms with Crippen LogP contribution >= 0.6 is 0 Å². The molecule has 0 saturated carbocycles. The Balaban J connectivity index is 1.60. The molecule has 4 aromatic rings. The van der Waals surface area contributed by atoms with Crippen LogP contribution in [0.3, 0.4) is 0 Å². The zero-order chi connectivity index (χ0) is 33.9. The molecule has 5 rings (SSSR count). The molecule has 1 aliphatic heterocycles. The average molecular weight is 652 g/mol. The molecule has 0 unspecified atom stereocenters. The minimum absolute atomic E-state index is 0.0351. The van der Waals surface area contributed by atoms with E-state index in [0.29, 0.717) is 58.4 Å². The Morgan fingerprint density at radius 3 is 2.48 bits per heavy atom. The van der Waals surface area contributed by atoms with Gasteiger partial charge in [0.2, 0.25) is 5.90 Å². The smallest absolute Gasteiger partial charge is 0.252 e. The van der Waals surface area contributed by atoms with E-state index in [1.54, 1.807) is 69.9 Å². The third-order valence-corrected chi connectivity index (χ3v) is 7.93. The lowest BCUT2D eigenvalue weighted by atomic mass is 9.81. The fourth-order valence-corrected chi connectivity index (χ4v) is 5.51. The van der Waals surface area contributed by atoms with Gasteiger partial charge in [0, 0.05) is 42.2 Å². The molecule has 2 N–H and O–H groups in total. The van der Waals surface area contributed by atoms with Crippen molar-refractivity contribution < 1.29 is 33.6 Å². The Hall–Kier alpha value is -5.71. The number of hydrogen-bond donors (Lipinski definition) is 2. The number of hydrogen-bond acceptors (Lipinski definition) is 9. The largest absolute Gasteiger partial charge is 0.497 e. The molecular formula is C36H37N5O7. The Kier molecular flexibility index (Phi) is 11.0. The molecule has 2 atom stereocenters. The van der Waals surface area contributed by atoms with Crippen LogP contribution in [0.2, 0.25) is 0 Å². The molecule has 12 nitrogen and oxygen atoms in total. The highest BCUT2D eigenvalue weighted by atomic mass is 16.5. The Labute approximate surface area is 278 Å². The van der Waals surface area contributed by atoms with Crippen LogP contribution < -0.4 is 24.3 Å². The second-order valence-corrected chi connectivity index (χ2v) is 10.9. The number of ether oxygens (including phenoxy) is 5. The van der Waals surface area contributed by atoms with E-state index in [1.165, 1.54) is 0 Å². The minimum Gasteiger partial charge on any atom is -0.497 e. The van der Waals surface area contributed by atoms with Crippen molar-refractivity contribution in [2.45, 2.75) is 31.0 Å². The van der Waals surface area contributed by atoms with Crippen molar-refractivity contribution in [1.82, 2.24) is 5.32 Å². The van der Waals surface area contributed by atoms with Gasteiger partial charge in [-0.3, -0.25) is 4.79 Å². The van der Waals surface area contributed by atoms with Crippen molar-refractivity contribution >= 4 is 17.5 Å². The minimum atomic E-state index is -1.55. The van der Waals surface area contributed by atoms with Crippen LogP contribution in [0.5, 0.6) is 23.0 Å². The number of nitrogens with zero attached hydrogens (tertiary/aromatic N) is 4. The summed E-state index contributed by atoms with van der Waals surface area (Å²) in [5, 5.41) is 16.1. The second kappa shape index (κ2) is 15.7. The molecule has 0 aromatic heterocycles. The number of aliphatic hydroxyl groups excluding tert-OH is 1. The zero-order valence-electron chi connectivity index (χ0n) is 27.0. The quantitative estimate of drug-likeness (QED) is 0.0668. The number of carbonyl (C=O) groups excluding carboxylic acids is 1. The number of nitrogens with one attached hydrogen (secondary N) is 1. The predicted molar refractivity (Wildman–Crippen MR) is 180 cm³/mol. The summed E-state index contributed by atoms with van der Waals surface area (Å²) in [4.78, 5) is 22.8. The molecule has 0 aliphatic carbocycles. The van der Waals surface area contributed by atoms with Crippen LogP contribution in [0.1, 0.15) is 34.8 Å². The lowest BCUT2D eigenvalue weighted by molar-refractivity contribution is -0.129. The van der Waals surface area contributed by atoms with E-state index >= 15 is 0 Å². The third kappa shape index (κ3) is 7.46. The first-order valence-corrected chi connectivity index (χ1v) is 15.3. The van der Waals surface area contributed by atoms with Gasteiger partial charge >= 0.3 is 0 Å². The summed E-state index contributed by atoms with van der Waals surface area (Å²) in [7, 11) is 4.68. The molecule has 0 saturated heterocycles. The summed E-state index contributed by atoms with van der Waals surface area (Å²) in [6, 6.07) is 27.0. The zero-order valence-corrected chi connectivity index (χ0v) is 27.0. The maximum atomic E-state index is 14.7. The van der Waals surface area contributed by atoms with Gasteiger partial charge in [0.25, 0.3) is 5.91 Å². The highest BCUT2D eigenvalue weighted by molar-refractivity contribution is 6.01. The van der Waals surface area contributed by atoms with E-state index in [0.717, 1.165) is 5.56 Å². The van der Waals surface area contributed by atoms with Crippen molar-refractivity contribution in [1.29, 1.82) is 0 Å². The summed E-state index contributed by atoms with van der Waals surface area (Å²) in [6.07, 6.45) is -0.334. The lowest BCUT2D eigenvalue weighted by Gasteiger charge is -2.31. The molecule has 0 fully saturated rings. The molecule has 0 radical (unpaired) electrons. The second-order valence-electron chi connectivity index (χ2n) is 10.9. The number of amides is 1. The van der Waals surface area contributed by atoms with Gasteiger partial charge in [-0.2, -0.15) is 0 Å². The normalized spacial score (nSPS) is 16.6. The van der Waals surface area contributed by atoms with Crippen LogP contribution in [0, 0.1) is 0 Å². The number of benzene rings is 4. The van der Waals surface area contributed by atoms with Gasteiger partial charge in [-0.15, -0.1) is 0 Å². The summed E-state index contributed by atoms with van der Waals surface area (Å²) in [6.45, 7) is 0.570. The molecule has 1 amide bonds. The predicted octanol–water partition coefficient (Wildman–Crippen LogP) is 6.23. The SMILES string of the molecule is COc1cccc([C@H]2OC(c3ccc(OCCCO)cc3)=N[C@@]2(Cc2ccccc2N=[N+]=[N-])C(=O)NCc2ccc(OC)c(OC)c2)c1. The van der Waals surface area contributed by atoms with Gasteiger partial charge in [-0.1, -0.05) is 47.6 Å². The number of azide groups is 1. The lowest BCUT2D eigenvalue weighted by Crippen LogP contribution is -2.49. The standard InChI is InChI=1S/C36H37N5O7/c1-44-29-10-6-9-26(21-29)33-36(22-27-8-4-5-11-30(27)40-41-37,35(43)38-23-24-12-17-31(45-2)32(20-24)46-3)39-34(48-33)25-13-15-28(16-14-25)47-19-7-18-42/h4-6,8-17,20-21,33,42H,7,18-19,22-23H2,1-3H3,(H,38,43)/t33-,36-/m1/s1. The van der Waals surface area contributed by atoms with E-state index in [1.807, 2.05) is 42.5 Å². The number of carbonyl (C=O) groups is 1. The van der Waals surface area contributed by atoms with Crippen molar-refractivity contribution in [2.24, 2.45) is 10.1 Å². The number of aliphatic imine (C=N–C) groups is 1. The van der Waals surface area contributed by atoms with Gasteiger partial charge in [0.15, 0.2) is 23.1 Å². The molecule has 0 spiro atoms. The first kappa shape index (κ1) is 33.6. The van der Waals surface area contributed by atoms with Crippen LogP contribution in [0.25, 0.3) is 10.4 Å². The van der Waals surface area contributed by atoms with Gasteiger partial charge in [0.05, 0.1) is 27.9 Å². The number of aliphatic hydroxyl groups is 1. The maximum absolute atomic E-state index is 14.7. The first-order valence-electron chi connectivity index (χ1n) is 15.3. The molecular weight excluding hydrogens is 614 g/mol. The maximum Gasteiger partial charge on any atom is 0.252 e. The average Bonchev–Trinajstić information content (AvgIpc) is 3.52. The monoisotopic (exact) mass is 651 g/mol. The fraction of sp³-hybridized carbons (Fsp3) is 0.278. The van der Waals surface area contributed by atoms with Gasteiger partial charge in [0.1, 0.15) is 11.5 Å². The highest BCUT2D eigenvalue weighted by Crippen LogP contribution is 2.44. The van der Waals surface area contributed by atoms with E-state index in [4.69, 9.17) is 33.8 Å². The Bertz CT molecular complexity index is 1810. The van der Waals surface area contributed by atoms with Crippen molar-refractivity contribution in [3.05, 3.63) is 124 Å². The van der Waals surface area contributed by atoms with Crippen molar-refractivity contribution in [2.75, 3.05) is 34.5 Å². The van der Waals surface area contributed by atoms with Gasteiger partial charge in [-0.05, 0) is 70.8 Å². The van der Waals surface area contributed by atoms with Crippen LogP contribution in [0.4, 0.5) is 5.69 Å². The molecule has 48 heavy (non-hydrogen) atoms. The molecule has 12 heteroatoms. The summed E-state index contributed by atoms with van der Waals surface area (Å²) in [5.74, 6) is 2.16. The molecule has 4 aromatic carbocycles.